The van der Waals surface area contributed by atoms with Crippen LogP contribution in [0, 0.1) is 11.8 Å². The number of hydrogen-bond acceptors (Lipinski definition) is 4. The van der Waals surface area contributed by atoms with Gasteiger partial charge in [-0.3, -0.25) is 9.59 Å². The molecule has 0 aliphatic heterocycles. The lowest BCUT2D eigenvalue weighted by atomic mass is 9.91. The van der Waals surface area contributed by atoms with Crippen molar-refractivity contribution in [3.05, 3.63) is 0 Å². The van der Waals surface area contributed by atoms with Crippen molar-refractivity contribution in [2.24, 2.45) is 11.8 Å². The number of carbonyl (C=O) groups is 2. The minimum absolute atomic E-state index is 0.0764. The smallest absolute Gasteiger partial charge is 0.332 e. The van der Waals surface area contributed by atoms with Crippen LogP contribution in [0.5, 0.6) is 0 Å². The first-order chi connectivity index (χ1) is 6.70. The molecule has 1 aliphatic rings. The zero-order chi connectivity index (χ0) is 10.6. The van der Waals surface area contributed by atoms with Crippen LogP contribution < -0.4 is 0 Å². The Bertz CT molecular complexity index is 207. The van der Waals surface area contributed by atoms with E-state index in [-0.39, 0.29) is 5.92 Å². The zero-order valence-electron chi connectivity index (χ0n) is 7.99. The fourth-order valence-corrected chi connectivity index (χ4v) is 2.15. The third-order valence-electron chi connectivity index (χ3n) is 2.66. The number of esters is 1. The molecule has 4 nitrogen and oxygen atoms in total. The second kappa shape index (κ2) is 5.34. The van der Waals surface area contributed by atoms with Gasteiger partial charge in [0.1, 0.15) is 0 Å². The quantitative estimate of drug-likeness (QED) is 0.577. The Balaban J connectivity index is 2.69. The molecule has 0 aromatic heterocycles. The largest absolute Gasteiger partial charge is 0.468 e. The molecule has 0 heterocycles. The third-order valence-corrected chi connectivity index (χ3v) is 2.98. The summed E-state index contributed by atoms with van der Waals surface area (Å²) in [5.41, 5.74) is 0. The summed E-state index contributed by atoms with van der Waals surface area (Å²) in [5, 5.41) is 0. The van der Waals surface area contributed by atoms with Crippen molar-refractivity contribution in [3.63, 3.8) is 0 Å². The normalized spacial score (nSPS) is 19.0. The highest BCUT2D eigenvalue weighted by Gasteiger charge is 2.38. The van der Waals surface area contributed by atoms with Crippen molar-refractivity contribution in [1.82, 2.24) is 0 Å². The summed E-state index contributed by atoms with van der Waals surface area (Å²) >= 11 is 2.60. The summed E-state index contributed by atoms with van der Waals surface area (Å²) in [6, 6.07) is 0. The first kappa shape index (κ1) is 11.5. The minimum atomic E-state index is -0.762. The molecule has 5 heteroatoms. The molecule has 80 valence electrons. The van der Waals surface area contributed by atoms with Gasteiger partial charge in [-0.1, -0.05) is 12.8 Å². The van der Waals surface area contributed by atoms with Gasteiger partial charge in [0.15, 0.2) is 22.2 Å². The van der Waals surface area contributed by atoms with E-state index in [4.69, 9.17) is 0 Å². The Hall–Kier alpha value is -0.580. The van der Waals surface area contributed by atoms with Crippen LogP contribution in [0.1, 0.15) is 25.7 Å². The second-order valence-corrected chi connectivity index (χ2v) is 3.77. The highest BCUT2D eigenvalue weighted by Crippen LogP contribution is 2.33. The molecule has 0 bridgehead atoms. The number of rotatable bonds is 3. The first-order valence-electron chi connectivity index (χ1n) is 4.61. The summed E-state index contributed by atoms with van der Waals surface area (Å²) in [4.78, 5) is 22.7. The maximum Gasteiger partial charge on any atom is 0.332 e. The standard InChI is InChI=1S/C9H13BrO4/c1-13-8(11)7(9(12)14-10)6-4-2-3-5-6/h6-7H,2-5H2,1H3. The minimum Gasteiger partial charge on any atom is -0.468 e. The molecule has 14 heavy (non-hydrogen) atoms. The first-order valence-corrected chi connectivity index (χ1v) is 5.25. The van der Waals surface area contributed by atoms with Gasteiger partial charge < -0.3 is 8.57 Å². The predicted molar refractivity (Wildman–Crippen MR) is 52.5 cm³/mol. The highest BCUT2D eigenvalue weighted by molar-refractivity contribution is 9.06. The molecule has 0 aromatic rings. The van der Waals surface area contributed by atoms with Crippen LogP contribution in [0.4, 0.5) is 0 Å². The van der Waals surface area contributed by atoms with Gasteiger partial charge in [-0.05, 0) is 18.8 Å². The van der Waals surface area contributed by atoms with E-state index in [2.05, 4.69) is 24.8 Å². The molecule has 0 aromatic carbocycles. The van der Waals surface area contributed by atoms with Crippen LogP contribution in [-0.2, 0) is 18.2 Å². The topological polar surface area (TPSA) is 52.6 Å². The van der Waals surface area contributed by atoms with Gasteiger partial charge in [0.05, 0.1) is 7.11 Å². The van der Waals surface area contributed by atoms with Gasteiger partial charge in [0.2, 0.25) is 0 Å². The van der Waals surface area contributed by atoms with Gasteiger partial charge >= 0.3 is 11.9 Å². The summed E-state index contributed by atoms with van der Waals surface area (Å²) in [7, 11) is 1.28. The third kappa shape index (κ3) is 2.47. The van der Waals surface area contributed by atoms with Crippen molar-refractivity contribution in [1.29, 1.82) is 0 Å². The zero-order valence-corrected chi connectivity index (χ0v) is 9.58. The van der Waals surface area contributed by atoms with E-state index in [0.29, 0.717) is 0 Å². The maximum absolute atomic E-state index is 11.4. The molecule has 0 N–H and O–H groups in total. The number of carbonyl (C=O) groups excluding carboxylic acids is 2. The molecule has 0 radical (unpaired) electrons. The number of halogens is 1. The van der Waals surface area contributed by atoms with Crippen molar-refractivity contribution >= 4 is 28.2 Å². The fourth-order valence-electron chi connectivity index (χ4n) is 1.95. The van der Waals surface area contributed by atoms with E-state index in [1.807, 2.05) is 0 Å². The average molecular weight is 265 g/mol. The van der Waals surface area contributed by atoms with Crippen LogP contribution in [-0.4, -0.2) is 19.0 Å². The Morgan fingerprint density at radius 1 is 1.29 bits per heavy atom. The van der Waals surface area contributed by atoms with Crippen LogP contribution in [0.25, 0.3) is 0 Å². The van der Waals surface area contributed by atoms with E-state index in [1.54, 1.807) is 0 Å². The van der Waals surface area contributed by atoms with Crippen molar-refractivity contribution in [2.45, 2.75) is 25.7 Å². The Morgan fingerprint density at radius 2 is 1.86 bits per heavy atom. The summed E-state index contributed by atoms with van der Waals surface area (Å²) in [5.74, 6) is -1.74. The van der Waals surface area contributed by atoms with E-state index in [9.17, 15) is 9.59 Å². The van der Waals surface area contributed by atoms with Crippen LogP contribution >= 0.6 is 16.3 Å². The van der Waals surface area contributed by atoms with Crippen LogP contribution in [0.2, 0.25) is 0 Å². The molecule has 0 amide bonds. The van der Waals surface area contributed by atoms with Gasteiger partial charge in [-0.2, -0.15) is 0 Å². The summed E-state index contributed by atoms with van der Waals surface area (Å²) in [6.07, 6.45) is 3.91. The predicted octanol–water partition coefficient (Wildman–Crippen LogP) is 1.82. The Labute approximate surface area is 91.4 Å². The molecule has 1 rings (SSSR count). The Kier molecular flexibility index (Phi) is 4.38. The molecule has 1 fully saturated rings. The maximum atomic E-state index is 11.4. The van der Waals surface area contributed by atoms with E-state index in [0.717, 1.165) is 25.7 Å². The van der Waals surface area contributed by atoms with Gasteiger partial charge in [-0.15, -0.1) is 0 Å². The lowest BCUT2D eigenvalue weighted by Gasteiger charge is -2.17. The molecule has 0 saturated heterocycles. The molecule has 1 unspecified atom stereocenters. The fraction of sp³-hybridized carbons (Fsp3) is 0.778. The number of ether oxygens (including phenoxy) is 1. The Morgan fingerprint density at radius 3 is 2.29 bits per heavy atom. The van der Waals surface area contributed by atoms with Gasteiger partial charge in [-0.25, -0.2) is 0 Å². The second-order valence-electron chi connectivity index (χ2n) is 3.44. The lowest BCUT2D eigenvalue weighted by Crippen LogP contribution is -2.31. The lowest BCUT2D eigenvalue weighted by molar-refractivity contribution is -0.157. The van der Waals surface area contributed by atoms with E-state index in [1.165, 1.54) is 7.11 Å². The monoisotopic (exact) mass is 264 g/mol. The van der Waals surface area contributed by atoms with Crippen LogP contribution in [0.15, 0.2) is 0 Å². The van der Waals surface area contributed by atoms with Gasteiger partial charge in [0.25, 0.3) is 0 Å². The van der Waals surface area contributed by atoms with Gasteiger partial charge in [0, 0.05) is 0 Å². The molecule has 0 spiro atoms. The highest BCUT2D eigenvalue weighted by atomic mass is 79.9. The molecule has 1 atom stereocenters. The van der Waals surface area contributed by atoms with Crippen LogP contribution in [0.3, 0.4) is 0 Å². The molecule has 1 aliphatic carbocycles. The summed E-state index contributed by atoms with van der Waals surface area (Å²) < 4.78 is 9.01. The van der Waals surface area contributed by atoms with Crippen molar-refractivity contribution in [2.75, 3.05) is 7.11 Å². The van der Waals surface area contributed by atoms with E-state index >= 15 is 0 Å². The summed E-state index contributed by atoms with van der Waals surface area (Å²) in [6.45, 7) is 0. The molecular formula is C9H13BrO4. The number of methoxy groups -OCH3 is 1. The average Bonchev–Trinajstić information content (AvgIpc) is 2.70. The molecule has 1 saturated carbocycles. The van der Waals surface area contributed by atoms with Crippen molar-refractivity contribution < 1.29 is 18.2 Å². The SMILES string of the molecule is COC(=O)C(C(=O)OBr)C1CCCC1. The van der Waals surface area contributed by atoms with E-state index < -0.39 is 17.9 Å². The number of hydrogen-bond donors (Lipinski definition) is 0. The van der Waals surface area contributed by atoms with Crippen molar-refractivity contribution in [3.8, 4) is 0 Å². The molecular weight excluding hydrogens is 252 g/mol.